The number of ether oxygens (including phenoxy) is 1. The van der Waals surface area contributed by atoms with Crippen molar-refractivity contribution in [3.05, 3.63) is 17.3 Å². The molecule has 0 saturated heterocycles. The molecule has 1 amide bonds. The molecule has 0 bridgehead atoms. The first kappa shape index (κ1) is 17.8. The van der Waals surface area contributed by atoms with Crippen LogP contribution in [0.4, 0.5) is 4.79 Å². The summed E-state index contributed by atoms with van der Waals surface area (Å²) in [5.74, 6) is 1.63. The van der Waals surface area contributed by atoms with E-state index in [0.29, 0.717) is 12.6 Å². The van der Waals surface area contributed by atoms with Crippen molar-refractivity contribution in [2.45, 2.75) is 84.5 Å². The van der Waals surface area contributed by atoms with Crippen molar-refractivity contribution in [3.63, 3.8) is 0 Å². The molecule has 0 unspecified atom stereocenters. The summed E-state index contributed by atoms with van der Waals surface area (Å²) in [6.07, 6.45) is 3.65. The Bertz CT molecular complexity index is 506. The molecule has 2 rings (SSSR count). The number of nitrogens with one attached hydrogen (secondary N) is 2. The van der Waals surface area contributed by atoms with Gasteiger partial charge in [-0.2, -0.15) is 0 Å². The van der Waals surface area contributed by atoms with Crippen LogP contribution in [-0.2, 0) is 11.3 Å². The van der Waals surface area contributed by atoms with E-state index >= 15 is 0 Å². The van der Waals surface area contributed by atoms with E-state index < -0.39 is 5.60 Å². The maximum Gasteiger partial charge on any atom is 0.407 e. The number of amides is 1. The number of aromatic nitrogens is 1. The fraction of sp³-hybridized carbons (Fsp3) is 0.765. The van der Waals surface area contributed by atoms with E-state index in [9.17, 15) is 4.79 Å². The molecule has 1 heterocycles. The SMILES string of the molecule is Cc1nc(CNC2CCC(NC(=O)OC(C)(C)C)CC2)oc1C. The molecule has 130 valence electrons. The minimum absolute atomic E-state index is 0.203. The second kappa shape index (κ2) is 7.34. The lowest BCUT2D eigenvalue weighted by atomic mass is 9.91. The van der Waals surface area contributed by atoms with Crippen molar-refractivity contribution in [3.8, 4) is 0 Å². The first-order chi connectivity index (χ1) is 10.7. The Morgan fingerprint density at radius 1 is 1.22 bits per heavy atom. The third-order valence-corrected chi connectivity index (χ3v) is 4.06. The van der Waals surface area contributed by atoms with Crippen molar-refractivity contribution in [1.82, 2.24) is 15.6 Å². The molecule has 0 spiro atoms. The molecular formula is C17H29N3O3. The number of hydrogen-bond acceptors (Lipinski definition) is 5. The van der Waals surface area contributed by atoms with Gasteiger partial charge in [0.1, 0.15) is 11.4 Å². The van der Waals surface area contributed by atoms with Crippen molar-refractivity contribution >= 4 is 6.09 Å². The van der Waals surface area contributed by atoms with Gasteiger partial charge in [-0.25, -0.2) is 9.78 Å². The summed E-state index contributed by atoms with van der Waals surface area (Å²) >= 11 is 0. The Labute approximate surface area is 138 Å². The van der Waals surface area contributed by atoms with Crippen LogP contribution in [0, 0.1) is 13.8 Å². The topological polar surface area (TPSA) is 76.4 Å². The molecule has 1 aliphatic rings. The van der Waals surface area contributed by atoms with E-state index in [1.807, 2.05) is 34.6 Å². The molecule has 6 nitrogen and oxygen atoms in total. The molecule has 23 heavy (non-hydrogen) atoms. The number of rotatable bonds is 4. The number of aryl methyl sites for hydroxylation is 2. The van der Waals surface area contributed by atoms with Gasteiger partial charge in [0.2, 0.25) is 5.89 Å². The number of hydrogen-bond donors (Lipinski definition) is 2. The monoisotopic (exact) mass is 323 g/mol. The van der Waals surface area contributed by atoms with E-state index in [1.165, 1.54) is 0 Å². The Hall–Kier alpha value is -1.56. The summed E-state index contributed by atoms with van der Waals surface area (Å²) in [6, 6.07) is 0.647. The molecular weight excluding hydrogens is 294 g/mol. The van der Waals surface area contributed by atoms with Crippen molar-refractivity contribution in [2.24, 2.45) is 0 Å². The lowest BCUT2D eigenvalue weighted by molar-refractivity contribution is 0.0489. The van der Waals surface area contributed by atoms with Gasteiger partial charge < -0.3 is 19.8 Å². The predicted octanol–water partition coefficient (Wildman–Crippen LogP) is 3.22. The van der Waals surface area contributed by atoms with Crippen molar-refractivity contribution in [2.75, 3.05) is 0 Å². The first-order valence-corrected chi connectivity index (χ1v) is 8.39. The molecule has 1 saturated carbocycles. The lowest BCUT2D eigenvalue weighted by Gasteiger charge is -2.30. The van der Waals surface area contributed by atoms with Crippen LogP contribution < -0.4 is 10.6 Å². The summed E-state index contributed by atoms with van der Waals surface area (Å²) in [5, 5.41) is 6.45. The summed E-state index contributed by atoms with van der Waals surface area (Å²) in [6.45, 7) is 10.2. The fourth-order valence-electron chi connectivity index (χ4n) is 2.76. The fourth-order valence-corrected chi connectivity index (χ4v) is 2.76. The van der Waals surface area contributed by atoms with Crippen LogP contribution in [0.3, 0.4) is 0 Å². The minimum Gasteiger partial charge on any atom is -0.444 e. The molecule has 1 aromatic heterocycles. The molecule has 6 heteroatoms. The zero-order chi connectivity index (χ0) is 17.0. The quantitative estimate of drug-likeness (QED) is 0.889. The second-order valence-electron chi connectivity index (χ2n) is 7.32. The third-order valence-electron chi connectivity index (χ3n) is 4.06. The highest BCUT2D eigenvalue weighted by Crippen LogP contribution is 2.20. The van der Waals surface area contributed by atoms with Gasteiger partial charge in [0.25, 0.3) is 0 Å². The minimum atomic E-state index is -0.449. The van der Waals surface area contributed by atoms with Crippen LogP contribution in [0.25, 0.3) is 0 Å². The van der Waals surface area contributed by atoms with Crippen LogP contribution >= 0.6 is 0 Å². The zero-order valence-electron chi connectivity index (χ0n) is 14.9. The molecule has 2 N–H and O–H groups in total. The first-order valence-electron chi connectivity index (χ1n) is 8.39. The summed E-state index contributed by atoms with van der Waals surface area (Å²) in [4.78, 5) is 16.2. The maximum atomic E-state index is 11.8. The van der Waals surface area contributed by atoms with Gasteiger partial charge in [0.05, 0.1) is 12.2 Å². The molecule has 0 atom stereocenters. The number of alkyl carbamates (subject to hydrolysis) is 1. The molecule has 1 fully saturated rings. The highest BCUT2D eigenvalue weighted by Gasteiger charge is 2.24. The molecule has 0 aromatic carbocycles. The van der Waals surface area contributed by atoms with Crippen molar-refractivity contribution in [1.29, 1.82) is 0 Å². The van der Waals surface area contributed by atoms with Gasteiger partial charge in [-0.3, -0.25) is 0 Å². The van der Waals surface area contributed by atoms with E-state index in [0.717, 1.165) is 43.0 Å². The average Bonchev–Trinajstić information content (AvgIpc) is 2.75. The summed E-state index contributed by atoms with van der Waals surface area (Å²) < 4.78 is 10.9. The van der Waals surface area contributed by atoms with Gasteiger partial charge >= 0.3 is 6.09 Å². The average molecular weight is 323 g/mol. The molecule has 1 aromatic rings. The van der Waals surface area contributed by atoms with Gasteiger partial charge in [-0.1, -0.05) is 0 Å². The van der Waals surface area contributed by atoms with Gasteiger partial charge in [-0.05, 0) is 60.3 Å². The molecule has 0 aliphatic heterocycles. The predicted molar refractivity (Wildman–Crippen MR) is 88.2 cm³/mol. The highest BCUT2D eigenvalue weighted by atomic mass is 16.6. The second-order valence-corrected chi connectivity index (χ2v) is 7.32. The zero-order valence-corrected chi connectivity index (χ0v) is 14.9. The third kappa shape index (κ3) is 5.86. The van der Waals surface area contributed by atoms with E-state index in [2.05, 4.69) is 15.6 Å². The number of carbonyl (C=O) groups excluding carboxylic acids is 1. The van der Waals surface area contributed by atoms with Crippen LogP contribution in [0.15, 0.2) is 4.42 Å². The van der Waals surface area contributed by atoms with Crippen LogP contribution in [0.2, 0.25) is 0 Å². The Kier molecular flexibility index (Phi) is 5.68. The van der Waals surface area contributed by atoms with Gasteiger partial charge in [0.15, 0.2) is 0 Å². The Morgan fingerprint density at radius 3 is 2.35 bits per heavy atom. The Balaban J connectivity index is 1.68. The van der Waals surface area contributed by atoms with E-state index in [1.54, 1.807) is 0 Å². The van der Waals surface area contributed by atoms with Crippen molar-refractivity contribution < 1.29 is 13.9 Å². The number of oxazole rings is 1. The lowest BCUT2D eigenvalue weighted by Crippen LogP contribution is -2.43. The summed E-state index contributed by atoms with van der Waals surface area (Å²) in [5.41, 5.74) is 0.502. The van der Waals surface area contributed by atoms with Crippen LogP contribution in [0.1, 0.15) is 63.8 Å². The number of carbonyl (C=O) groups is 1. The largest absolute Gasteiger partial charge is 0.444 e. The Morgan fingerprint density at radius 2 is 1.83 bits per heavy atom. The van der Waals surface area contributed by atoms with Gasteiger partial charge in [0, 0.05) is 12.1 Å². The maximum absolute atomic E-state index is 11.8. The highest BCUT2D eigenvalue weighted by molar-refractivity contribution is 5.68. The standard InChI is InChI=1S/C17H29N3O3/c1-11-12(2)22-15(19-11)10-18-13-6-8-14(9-7-13)20-16(21)23-17(3,4)5/h13-14,18H,6-10H2,1-5H3,(H,20,21). The molecule has 0 radical (unpaired) electrons. The smallest absolute Gasteiger partial charge is 0.407 e. The normalized spacial score (nSPS) is 22.0. The summed E-state index contributed by atoms with van der Waals surface area (Å²) in [7, 11) is 0. The number of nitrogens with zero attached hydrogens (tertiary/aromatic N) is 1. The van der Waals surface area contributed by atoms with E-state index in [4.69, 9.17) is 9.15 Å². The van der Waals surface area contributed by atoms with Crippen LogP contribution in [0.5, 0.6) is 0 Å². The van der Waals surface area contributed by atoms with Crippen LogP contribution in [-0.4, -0.2) is 28.8 Å². The van der Waals surface area contributed by atoms with Gasteiger partial charge in [-0.15, -0.1) is 0 Å². The van der Waals surface area contributed by atoms with E-state index in [-0.39, 0.29) is 12.1 Å². The molecule has 1 aliphatic carbocycles.